The van der Waals surface area contributed by atoms with Crippen LogP contribution < -0.4 is 0 Å². The van der Waals surface area contributed by atoms with Gasteiger partial charge in [0.1, 0.15) is 6.10 Å². The van der Waals surface area contributed by atoms with E-state index < -0.39 is 6.10 Å². The molecule has 0 spiro atoms. The monoisotopic (exact) mass is 276 g/mol. The van der Waals surface area contributed by atoms with Crippen molar-refractivity contribution >= 4 is 23.2 Å². The molecule has 0 saturated heterocycles. The summed E-state index contributed by atoms with van der Waals surface area (Å²) in [6.45, 7) is 4.53. The van der Waals surface area contributed by atoms with E-state index >= 15 is 0 Å². The van der Waals surface area contributed by atoms with Crippen molar-refractivity contribution in [1.82, 2.24) is 0 Å². The average molecular weight is 277 g/mol. The van der Waals surface area contributed by atoms with E-state index in [1.807, 2.05) is 6.92 Å². The van der Waals surface area contributed by atoms with Crippen LogP contribution in [0.5, 0.6) is 0 Å². The fourth-order valence-corrected chi connectivity index (χ4v) is 2.18. The summed E-state index contributed by atoms with van der Waals surface area (Å²) in [4.78, 5) is 0. The van der Waals surface area contributed by atoms with Crippen molar-refractivity contribution < 1.29 is 9.84 Å². The highest BCUT2D eigenvalue weighted by molar-refractivity contribution is 6.33. The largest absolute Gasteiger partial charge is 0.386 e. The molecule has 0 aliphatic carbocycles. The molecule has 4 heteroatoms. The van der Waals surface area contributed by atoms with Gasteiger partial charge in [-0.2, -0.15) is 0 Å². The summed E-state index contributed by atoms with van der Waals surface area (Å²) in [6, 6.07) is 5.09. The minimum atomic E-state index is -0.735. The number of hydrogen-bond acceptors (Lipinski definition) is 2. The Kier molecular flexibility index (Phi) is 6.28. The lowest BCUT2D eigenvalue weighted by Crippen LogP contribution is -2.22. The number of benzene rings is 1. The highest BCUT2D eigenvalue weighted by Gasteiger charge is 2.22. The van der Waals surface area contributed by atoms with Gasteiger partial charge in [0.15, 0.2) is 0 Å². The fourth-order valence-electron chi connectivity index (χ4n) is 1.77. The normalized spacial score (nSPS) is 14.6. The Hall–Kier alpha value is -0.280. The number of rotatable bonds is 6. The lowest BCUT2D eigenvalue weighted by molar-refractivity contribution is -0.0384. The Bertz CT molecular complexity index is 349. The van der Waals surface area contributed by atoms with E-state index in [2.05, 4.69) is 6.92 Å². The summed E-state index contributed by atoms with van der Waals surface area (Å²) in [5.41, 5.74) is 0.631. The van der Waals surface area contributed by atoms with Gasteiger partial charge < -0.3 is 9.84 Å². The maximum Gasteiger partial charge on any atom is 0.107 e. The molecule has 1 rings (SSSR count). The van der Waals surface area contributed by atoms with Crippen molar-refractivity contribution in [2.45, 2.75) is 38.9 Å². The van der Waals surface area contributed by atoms with E-state index in [9.17, 15) is 5.11 Å². The zero-order valence-corrected chi connectivity index (χ0v) is 11.6. The molecule has 0 heterocycles. The van der Waals surface area contributed by atoms with Crippen molar-refractivity contribution in [2.75, 3.05) is 6.61 Å². The Balaban J connectivity index is 2.91. The quantitative estimate of drug-likeness (QED) is 0.843. The molecule has 1 N–H and O–H groups in total. The first-order valence-corrected chi connectivity index (χ1v) is 6.60. The molecule has 96 valence electrons. The predicted molar refractivity (Wildman–Crippen MR) is 71.7 cm³/mol. The molecule has 0 saturated carbocycles. The third-order valence-electron chi connectivity index (χ3n) is 2.58. The number of ether oxygens (including phenoxy) is 1. The third-order valence-corrected chi connectivity index (χ3v) is 3.16. The van der Waals surface area contributed by atoms with Crippen molar-refractivity contribution in [2.24, 2.45) is 0 Å². The highest BCUT2D eigenvalue weighted by atomic mass is 35.5. The standard InChI is InChI=1S/C13H18Cl2O2/c1-3-5-12(17-4-2)13(16)10-8-9(14)6-7-11(10)15/h6-8,12-13,16H,3-5H2,1-2H3. The van der Waals surface area contributed by atoms with Gasteiger partial charge in [-0.15, -0.1) is 0 Å². The van der Waals surface area contributed by atoms with Crippen LogP contribution in [0.4, 0.5) is 0 Å². The van der Waals surface area contributed by atoms with Crippen molar-refractivity contribution in [3.05, 3.63) is 33.8 Å². The zero-order valence-electron chi connectivity index (χ0n) is 10.1. The summed E-state index contributed by atoms with van der Waals surface area (Å²) >= 11 is 12.0. The van der Waals surface area contributed by atoms with E-state index in [0.29, 0.717) is 22.2 Å². The molecule has 0 bridgehead atoms. The SMILES string of the molecule is CCCC(OCC)C(O)c1cc(Cl)ccc1Cl. The second-order valence-electron chi connectivity index (χ2n) is 3.89. The van der Waals surface area contributed by atoms with Crippen LogP contribution in [0, 0.1) is 0 Å². The number of halogens is 2. The molecule has 0 fully saturated rings. The molecule has 0 aliphatic heterocycles. The van der Waals surface area contributed by atoms with Crippen LogP contribution in [0.1, 0.15) is 38.4 Å². The van der Waals surface area contributed by atoms with Gasteiger partial charge in [0.25, 0.3) is 0 Å². The second-order valence-corrected chi connectivity index (χ2v) is 4.74. The molecule has 2 nitrogen and oxygen atoms in total. The first-order chi connectivity index (χ1) is 8.10. The van der Waals surface area contributed by atoms with Crippen LogP contribution >= 0.6 is 23.2 Å². The van der Waals surface area contributed by atoms with Gasteiger partial charge in [-0.1, -0.05) is 36.5 Å². The molecule has 0 amide bonds. The molecule has 17 heavy (non-hydrogen) atoms. The van der Waals surface area contributed by atoms with Gasteiger partial charge in [-0.05, 0) is 31.5 Å². The summed E-state index contributed by atoms with van der Waals surface area (Å²) in [5.74, 6) is 0. The van der Waals surface area contributed by atoms with E-state index in [0.717, 1.165) is 12.8 Å². The first-order valence-electron chi connectivity index (χ1n) is 5.84. The summed E-state index contributed by atoms with van der Waals surface area (Å²) in [7, 11) is 0. The smallest absolute Gasteiger partial charge is 0.107 e. The fraction of sp³-hybridized carbons (Fsp3) is 0.538. The Labute approximate surface area is 113 Å². The van der Waals surface area contributed by atoms with E-state index in [1.165, 1.54) is 0 Å². The summed E-state index contributed by atoms with van der Waals surface area (Å²) in [6.07, 6.45) is 0.764. The molecule has 2 unspecified atom stereocenters. The minimum absolute atomic E-state index is 0.235. The molecule has 0 radical (unpaired) electrons. The maximum absolute atomic E-state index is 10.3. The van der Waals surface area contributed by atoms with Gasteiger partial charge in [0, 0.05) is 22.2 Å². The summed E-state index contributed by atoms with van der Waals surface area (Å²) < 4.78 is 5.54. The van der Waals surface area contributed by atoms with Gasteiger partial charge in [0.05, 0.1) is 6.10 Å². The topological polar surface area (TPSA) is 29.5 Å². The van der Waals surface area contributed by atoms with E-state index in [1.54, 1.807) is 18.2 Å². The van der Waals surface area contributed by atoms with Crippen LogP contribution in [0.3, 0.4) is 0 Å². The van der Waals surface area contributed by atoms with Crippen LogP contribution in [0.25, 0.3) is 0 Å². The molecular formula is C13H18Cl2O2. The van der Waals surface area contributed by atoms with Gasteiger partial charge in [-0.25, -0.2) is 0 Å². The van der Waals surface area contributed by atoms with Gasteiger partial charge >= 0.3 is 0 Å². The second kappa shape index (κ2) is 7.22. The van der Waals surface area contributed by atoms with Crippen LogP contribution in [-0.2, 0) is 4.74 Å². The van der Waals surface area contributed by atoms with Crippen LogP contribution in [0.2, 0.25) is 10.0 Å². The Morgan fingerprint density at radius 3 is 2.59 bits per heavy atom. The minimum Gasteiger partial charge on any atom is -0.386 e. The Morgan fingerprint density at radius 2 is 2.00 bits per heavy atom. The molecule has 1 aromatic carbocycles. The van der Waals surface area contributed by atoms with Gasteiger partial charge in [0.2, 0.25) is 0 Å². The Morgan fingerprint density at radius 1 is 1.29 bits per heavy atom. The maximum atomic E-state index is 10.3. The van der Waals surface area contributed by atoms with Crippen molar-refractivity contribution in [3.8, 4) is 0 Å². The van der Waals surface area contributed by atoms with Crippen molar-refractivity contribution in [3.63, 3.8) is 0 Å². The highest BCUT2D eigenvalue weighted by Crippen LogP contribution is 2.30. The van der Waals surface area contributed by atoms with Crippen LogP contribution in [-0.4, -0.2) is 17.8 Å². The zero-order chi connectivity index (χ0) is 12.8. The summed E-state index contributed by atoms with van der Waals surface area (Å²) in [5, 5.41) is 11.4. The molecule has 0 aliphatic rings. The number of aliphatic hydroxyl groups is 1. The van der Waals surface area contributed by atoms with E-state index in [-0.39, 0.29) is 6.10 Å². The lowest BCUT2D eigenvalue weighted by atomic mass is 10.0. The van der Waals surface area contributed by atoms with Gasteiger partial charge in [-0.3, -0.25) is 0 Å². The number of aliphatic hydroxyl groups excluding tert-OH is 1. The molecule has 0 aromatic heterocycles. The lowest BCUT2D eigenvalue weighted by Gasteiger charge is -2.23. The predicted octanol–water partition coefficient (Wildman–Crippen LogP) is 4.23. The number of hydrogen-bond donors (Lipinski definition) is 1. The molecule has 2 atom stereocenters. The molecular weight excluding hydrogens is 259 g/mol. The van der Waals surface area contributed by atoms with Crippen molar-refractivity contribution in [1.29, 1.82) is 0 Å². The first kappa shape index (κ1) is 14.8. The third kappa shape index (κ3) is 4.14. The van der Waals surface area contributed by atoms with Crippen LogP contribution in [0.15, 0.2) is 18.2 Å². The van der Waals surface area contributed by atoms with E-state index in [4.69, 9.17) is 27.9 Å². The average Bonchev–Trinajstić information content (AvgIpc) is 2.31. The molecule has 1 aromatic rings.